The first-order valence-electron chi connectivity index (χ1n) is 9.73. The van der Waals surface area contributed by atoms with E-state index in [0.29, 0.717) is 31.6 Å². The fourth-order valence-corrected chi connectivity index (χ4v) is 3.56. The minimum absolute atomic E-state index is 0.0241. The maximum atomic E-state index is 12.8. The first-order chi connectivity index (χ1) is 13.7. The number of aromatic nitrogens is 2. The summed E-state index contributed by atoms with van der Waals surface area (Å²) in [7, 11) is 0. The molecule has 1 saturated carbocycles. The lowest BCUT2D eigenvalue weighted by atomic mass is 10.1. The molecular weight excluding hydrogens is 358 g/mol. The Morgan fingerprint density at radius 1 is 1.07 bits per heavy atom. The van der Waals surface area contributed by atoms with Crippen molar-refractivity contribution in [3.05, 3.63) is 41.9 Å². The van der Waals surface area contributed by atoms with Gasteiger partial charge in [-0.05, 0) is 30.5 Å². The van der Waals surface area contributed by atoms with E-state index < -0.39 is 0 Å². The molecule has 2 aliphatic heterocycles. The lowest BCUT2D eigenvalue weighted by molar-refractivity contribution is 0.0622. The van der Waals surface area contributed by atoms with Crippen molar-refractivity contribution in [3.8, 4) is 11.5 Å². The highest BCUT2D eigenvalue weighted by Crippen LogP contribution is 2.32. The van der Waals surface area contributed by atoms with Gasteiger partial charge in [-0.1, -0.05) is 6.07 Å². The molecule has 28 heavy (non-hydrogen) atoms. The summed E-state index contributed by atoms with van der Waals surface area (Å²) in [5, 5.41) is 3.32. The molecule has 3 heterocycles. The van der Waals surface area contributed by atoms with Gasteiger partial charge in [0.05, 0.1) is 0 Å². The summed E-state index contributed by atoms with van der Waals surface area (Å²) < 4.78 is 10.8. The molecule has 1 saturated heterocycles. The second kappa shape index (κ2) is 7.27. The zero-order chi connectivity index (χ0) is 18.9. The molecule has 0 unspecified atom stereocenters. The Morgan fingerprint density at radius 2 is 1.89 bits per heavy atom. The second-order valence-corrected chi connectivity index (χ2v) is 7.46. The van der Waals surface area contributed by atoms with E-state index >= 15 is 0 Å². The molecule has 2 fully saturated rings. The number of carbonyl (C=O) groups excluding carboxylic acids is 1. The molecule has 1 aromatic heterocycles. The van der Waals surface area contributed by atoms with E-state index in [1.807, 2.05) is 17.0 Å². The number of hydrogen-bond donors (Lipinski definition) is 1. The number of anilines is 1. The number of amides is 1. The topological polar surface area (TPSA) is 79.8 Å². The first-order valence-corrected chi connectivity index (χ1v) is 9.73. The van der Waals surface area contributed by atoms with Crippen molar-refractivity contribution in [2.75, 3.05) is 38.3 Å². The van der Waals surface area contributed by atoms with Crippen LogP contribution < -0.4 is 14.8 Å². The van der Waals surface area contributed by atoms with Crippen LogP contribution >= 0.6 is 0 Å². The van der Waals surface area contributed by atoms with Gasteiger partial charge in [-0.3, -0.25) is 9.69 Å². The molecule has 1 amide bonds. The van der Waals surface area contributed by atoms with E-state index in [9.17, 15) is 4.79 Å². The number of nitrogens with one attached hydrogen (secondary N) is 1. The lowest BCUT2D eigenvalue weighted by Crippen LogP contribution is -2.48. The highest BCUT2D eigenvalue weighted by Gasteiger charge is 2.25. The average Bonchev–Trinajstić information content (AvgIpc) is 3.41. The number of nitrogens with zero attached hydrogens (tertiary/aromatic N) is 4. The Balaban J connectivity index is 1.17. The van der Waals surface area contributed by atoms with Crippen molar-refractivity contribution in [2.24, 2.45) is 0 Å². The van der Waals surface area contributed by atoms with Crippen molar-refractivity contribution in [3.63, 3.8) is 0 Å². The molecule has 5 rings (SSSR count). The quantitative estimate of drug-likeness (QED) is 0.845. The largest absolute Gasteiger partial charge is 0.454 e. The van der Waals surface area contributed by atoms with E-state index in [1.165, 1.54) is 24.7 Å². The van der Waals surface area contributed by atoms with Crippen molar-refractivity contribution in [2.45, 2.75) is 25.4 Å². The maximum Gasteiger partial charge on any atom is 0.272 e. The van der Waals surface area contributed by atoms with Crippen LogP contribution in [0.3, 0.4) is 0 Å². The van der Waals surface area contributed by atoms with Gasteiger partial charge in [0.15, 0.2) is 11.5 Å². The molecule has 0 bridgehead atoms. The van der Waals surface area contributed by atoms with Gasteiger partial charge >= 0.3 is 0 Å². The first kappa shape index (κ1) is 17.2. The molecule has 0 spiro atoms. The molecule has 1 N–H and O–H groups in total. The van der Waals surface area contributed by atoms with Crippen molar-refractivity contribution in [1.29, 1.82) is 0 Å². The van der Waals surface area contributed by atoms with Gasteiger partial charge in [0, 0.05) is 44.8 Å². The summed E-state index contributed by atoms with van der Waals surface area (Å²) in [6.07, 6.45) is 3.80. The van der Waals surface area contributed by atoms with Crippen LogP contribution in [0, 0.1) is 0 Å². The van der Waals surface area contributed by atoms with Crippen LogP contribution in [0.15, 0.2) is 30.6 Å². The Bertz CT molecular complexity index is 878. The van der Waals surface area contributed by atoms with E-state index in [2.05, 4.69) is 26.3 Å². The zero-order valence-corrected chi connectivity index (χ0v) is 15.6. The van der Waals surface area contributed by atoms with Crippen molar-refractivity contribution in [1.82, 2.24) is 19.8 Å². The number of benzene rings is 1. The van der Waals surface area contributed by atoms with Gasteiger partial charge in [-0.15, -0.1) is 0 Å². The molecule has 0 atom stereocenters. The molecule has 1 aliphatic carbocycles. The predicted molar refractivity (Wildman–Crippen MR) is 102 cm³/mol. The summed E-state index contributed by atoms with van der Waals surface area (Å²) in [6, 6.07) is 8.33. The number of hydrogen-bond acceptors (Lipinski definition) is 7. The van der Waals surface area contributed by atoms with E-state index in [4.69, 9.17) is 9.47 Å². The standard InChI is InChI=1S/C20H23N5O3/c26-20(16-10-19(22-12-21-16)23-15-2-3-15)25-7-5-24(6-8-25)11-14-1-4-17-18(9-14)28-13-27-17/h1,4,9-10,12,15H,2-3,5-8,11,13H2,(H,21,22,23). The summed E-state index contributed by atoms with van der Waals surface area (Å²) in [6.45, 7) is 4.18. The monoisotopic (exact) mass is 381 g/mol. The van der Waals surface area contributed by atoms with Gasteiger partial charge in [0.25, 0.3) is 5.91 Å². The number of carbonyl (C=O) groups is 1. The Hall–Kier alpha value is -2.87. The third-order valence-electron chi connectivity index (χ3n) is 5.32. The smallest absolute Gasteiger partial charge is 0.272 e. The average molecular weight is 381 g/mol. The van der Waals surface area contributed by atoms with Crippen molar-refractivity contribution < 1.29 is 14.3 Å². The maximum absolute atomic E-state index is 12.8. The third kappa shape index (κ3) is 3.73. The molecule has 8 heteroatoms. The molecule has 146 valence electrons. The second-order valence-electron chi connectivity index (χ2n) is 7.46. The molecule has 3 aliphatic rings. The van der Waals surface area contributed by atoms with Gasteiger partial charge in [-0.2, -0.15) is 0 Å². The number of rotatable bonds is 5. The Morgan fingerprint density at radius 3 is 2.71 bits per heavy atom. The minimum Gasteiger partial charge on any atom is -0.454 e. The Kier molecular flexibility index (Phi) is 4.48. The van der Waals surface area contributed by atoms with Crippen LogP contribution in [0.4, 0.5) is 5.82 Å². The van der Waals surface area contributed by atoms with Crippen LogP contribution in [0.2, 0.25) is 0 Å². The molecule has 1 aromatic carbocycles. The van der Waals surface area contributed by atoms with Gasteiger partial charge < -0.3 is 19.7 Å². The van der Waals surface area contributed by atoms with Gasteiger partial charge in [0.1, 0.15) is 17.8 Å². The van der Waals surface area contributed by atoms with Crippen LogP contribution in [0.1, 0.15) is 28.9 Å². The van der Waals surface area contributed by atoms with Crippen molar-refractivity contribution >= 4 is 11.7 Å². The van der Waals surface area contributed by atoms with Crippen LogP contribution in [0.5, 0.6) is 11.5 Å². The number of fused-ring (bicyclic) bond motifs is 1. The van der Waals surface area contributed by atoms with E-state index in [0.717, 1.165) is 37.0 Å². The lowest BCUT2D eigenvalue weighted by Gasteiger charge is -2.34. The number of piperazine rings is 1. The van der Waals surface area contributed by atoms with Crippen LogP contribution in [-0.2, 0) is 6.54 Å². The Labute approximate surface area is 163 Å². The van der Waals surface area contributed by atoms with Gasteiger partial charge in [0.2, 0.25) is 6.79 Å². The fourth-order valence-electron chi connectivity index (χ4n) is 3.56. The fraction of sp³-hybridized carbons (Fsp3) is 0.450. The zero-order valence-electron chi connectivity index (χ0n) is 15.6. The van der Waals surface area contributed by atoms with Crippen LogP contribution in [-0.4, -0.2) is 64.7 Å². The highest BCUT2D eigenvalue weighted by molar-refractivity contribution is 5.93. The highest BCUT2D eigenvalue weighted by atomic mass is 16.7. The summed E-state index contributed by atoms with van der Waals surface area (Å²) >= 11 is 0. The molecule has 2 aromatic rings. The third-order valence-corrected chi connectivity index (χ3v) is 5.32. The SMILES string of the molecule is O=C(c1cc(NC2CC2)ncn1)N1CCN(Cc2ccc3c(c2)OCO3)CC1. The minimum atomic E-state index is -0.0241. The van der Waals surface area contributed by atoms with E-state index in [-0.39, 0.29) is 5.91 Å². The summed E-state index contributed by atoms with van der Waals surface area (Å²) in [4.78, 5) is 25.4. The summed E-state index contributed by atoms with van der Waals surface area (Å²) in [5.74, 6) is 2.33. The normalized spacial score (nSPS) is 18.9. The van der Waals surface area contributed by atoms with Crippen LogP contribution in [0.25, 0.3) is 0 Å². The molecule has 8 nitrogen and oxygen atoms in total. The predicted octanol–water partition coefficient (Wildman–Crippen LogP) is 1.74. The summed E-state index contributed by atoms with van der Waals surface area (Å²) in [5.41, 5.74) is 1.65. The molecular formula is C20H23N5O3. The molecule has 0 radical (unpaired) electrons. The van der Waals surface area contributed by atoms with Gasteiger partial charge in [-0.25, -0.2) is 9.97 Å². The number of ether oxygens (including phenoxy) is 2. The van der Waals surface area contributed by atoms with E-state index in [1.54, 1.807) is 6.07 Å².